The van der Waals surface area contributed by atoms with Gasteiger partial charge >= 0.3 is 5.97 Å². The minimum Gasteiger partial charge on any atom is -0.461 e. The van der Waals surface area contributed by atoms with E-state index in [-0.39, 0.29) is 13.2 Å². The summed E-state index contributed by atoms with van der Waals surface area (Å²) in [5.74, 6) is -0.439. The molecule has 0 saturated heterocycles. The van der Waals surface area contributed by atoms with Crippen LogP contribution in [0, 0.1) is 0 Å². The Bertz CT molecular complexity index is 179. The Hall–Kier alpha value is -0.910. The van der Waals surface area contributed by atoms with Crippen molar-refractivity contribution in [1.82, 2.24) is 5.32 Å². The molecule has 0 radical (unpaired) electrons. The molecule has 0 spiro atoms. The first-order chi connectivity index (χ1) is 6.04. The maximum atomic E-state index is 10.8. The zero-order valence-electron chi connectivity index (χ0n) is 7.62. The first-order valence-corrected chi connectivity index (χ1v) is 3.93. The molecule has 0 aromatic heterocycles. The van der Waals surface area contributed by atoms with E-state index >= 15 is 0 Å². The van der Waals surface area contributed by atoms with Crippen molar-refractivity contribution >= 4 is 5.97 Å². The molecule has 0 amide bonds. The van der Waals surface area contributed by atoms with E-state index in [0.717, 1.165) is 0 Å². The number of hydrogen-bond donors (Lipinski definition) is 3. The number of ether oxygens (including phenoxy) is 1. The summed E-state index contributed by atoms with van der Waals surface area (Å²) in [6, 6.07) is 0. The lowest BCUT2D eigenvalue weighted by Gasteiger charge is -2.06. The van der Waals surface area contributed by atoms with Crippen molar-refractivity contribution in [1.29, 1.82) is 0 Å². The molecule has 0 unspecified atom stereocenters. The predicted molar refractivity (Wildman–Crippen MR) is 46.9 cm³/mol. The number of nitrogens with one attached hydrogen (secondary N) is 1. The fraction of sp³-hybridized carbons (Fsp3) is 0.625. The van der Waals surface area contributed by atoms with E-state index in [0.29, 0.717) is 12.1 Å². The monoisotopic (exact) mass is 189 g/mol. The topological polar surface area (TPSA) is 78.8 Å². The number of aliphatic hydroxyl groups is 2. The van der Waals surface area contributed by atoms with Crippen molar-refractivity contribution in [2.24, 2.45) is 0 Å². The van der Waals surface area contributed by atoms with Gasteiger partial charge in [0.05, 0.1) is 0 Å². The minimum absolute atomic E-state index is 0.0601. The zero-order valence-corrected chi connectivity index (χ0v) is 7.62. The van der Waals surface area contributed by atoms with Gasteiger partial charge in [0.2, 0.25) is 0 Å². The summed E-state index contributed by atoms with van der Waals surface area (Å²) >= 11 is 0. The van der Waals surface area contributed by atoms with Crippen LogP contribution in [0.2, 0.25) is 0 Å². The molecule has 3 N–H and O–H groups in total. The van der Waals surface area contributed by atoms with Gasteiger partial charge < -0.3 is 20.3 Å². The normalized spacial score (nSPS) is 10.2. The second-order valence-corrected chi connectivity index (χ2v) is 2.60. The van der Waals surface area contributed by atoms with Crippen molar-refractivity contribution < 1.29 is 19.7 Å². The third-order valence-corrected chi connectivity index (χ3v) is 1.19. The van der Waals surface area contributed by atoms with Crippen molar-refractivity contribution in [2.75, 3.05) is 19.7 Å². The van der Waals surface area contributed by atoms with Crippen LogP contribution in [0.25, 0.3) is 0 Å². The molecule has 0 bridgehead atoms. The summed E-state index contributed by atoms with van der Waals surface area (Å²) in [7, 11) is 0. The first kappa shape index (κ1) is 12.1. The quantitative estimate of drug-likeness (QED) is 0.216. The van der Waals surface area contributed by atoms with Crippen LogP contribution in [0.3, 0.4) is 0 Å². The summed E-state index contributed by atoms with van der Waals surface area (Å²) in [6.45, 7) is 5.61. The number of carbonyl (C=O) groups excluding carboxylic acids is 1. The van der Waals surface area contributed by atoms with Gasteiger partial charge in [-0.25, -0.2) is 4.79 Å². The predicted octanol–water partition coefficient (Wildman–Crippen LogP) is -0.994. The van der Waals surface area contributed by atoms with E-state index in [1.165, 1.54) is 0 Å². The van der Waals surface area contributed by atoms with Crippen LogP contribution >= 0.6 is 0 Å². The van der Waals surface area contributed by atoms with Crippen molar-refractivity contribution in [2.45, 2.75) is 13.2 Å². The number of hydrogen-bond acceptors (Lipinski definition) is 5. The summed E-state index contributed by atoms with van der Waals surface area (Å²) in [5, 5.41) is 19.5. The van der Waals surface area contributed by atoms with Crippen LogP contribution in [0.4, 0.5) is 0 Å². The molecule has 0 atom stereocenters. The Labute approximate surface area is 77.0 Å². The third kappa shape index (κ3) is 7.45. The fourth-order valence-corrected chi connectivity index (χ4v) is 0.570. The van der Waals surface area contributed by atoms with E-state index < -0.39 is 12.3 Å². The van der Waals surface area contributed by atoms with Crippen LogP contribution in [-0.4, -0.2) is 42.2 Å². The number of esters is 1. The maximum Gasteiger partial charge on any atom is 0.333 e. The lowest BCUT2D eigenvalue weighted by atomic mass is 10.4. The Morgan fingerprint density at radius 2 is 2.23 bits per heavy atom. The molecule has 0 aliphatic carbocycles. The average Bonchev–Trinajstić information content (AvgIpc) is 2.02. The zero-order chi connectivity index (χ0) is 10.3. The Morgan fingerprint density at radius 3 is 2.69 bits per heavy atom. The van der Waals surface area contributed by atoms with Crippen LogP contribution in [0.5, 0.6) is 0 Å². The second-order valence-electron chi connectivity index (χ2n) is 2.60. The number of carbonyl (C=O) groups is 1. The van der Waals surface area contributed by atoms with Gasteiger partial charge in [0.25, 0.3) is 0 Å². The lowest BCUT2D eigenvalue weighted by molar-refractivity contribution is -0.138. The van der Waals surface area contributed by atoms with Gasteiger partial charge in [0, 0.05) is 18.7 Å². The molecular weight excluding hydrogens is 174 g/mol. The molecule has 0 aliphatic rings. The Balaban J connectivity index is 3.26. The smallest absolute Gasteiger partial charge is 0.333 e. The van der Waals surface area contributed by atoms with Crippen LogP contribution in [0.1, 0.15) is 6.92 Å². The summed E-state index contributed by atoms with van der Waals surface area (Å²) in [5.41, 5.74) is 0.349. The van der Waals surface area contributed by atoms with Crippen LogP contribution in [0.15, 0.2) is 12.2 Å². The largest absolute Gasteiger partial charge is 0.461 e. The molecule has 0 rings (SSSR count). The van der Waals surface area contributed by atoms with Gasteiger partial charge in [-0.3, -0.25) is 0 Å². The second kappa shape index (κ2) is 6.59. The van der Waals surface area contributed by atoms with E-state index in [1.54, 1.807) is 6.92 Å². The van der Waals surface area contributed by atoms with Gasteiger partial charge in [-0.15, -0.1) is 0 Å². The van der Waals surface area contributed by atoms with Gasteiger partial charge in [0.1, 0.15) is 6.61 Å². The Morgan fingerprint density at radius 1 is 1.62 bits per heavy atom. The average molecular weight is 189 g/mol. The van der Waals surface area contributed by atoms with Gasteiger partial charge in [-0.2, -0.15) is 0 Å². The molecule has 5 heteroatoms. The number of aliphatic hydroxyl groups excluding tert-OH is 1. The van der Waals surface area contributed by atoms with Crippen molar-refractivity contribution in [3.05, 3.63) is 12.2 Å². The highest BCUT2D eigenvalue weighted by Gasteiger charge is 2.01. The lowest BCUT2D eigenvalue weighted by Crippen LogP contribution is -2.29. The molecular formula is C8H15NO4. The summed E-state index contributed by atoms with van der Waals surface area (Å²) < 4.78 is 4.72. The van der Waals surface area contributed by atoms with E-state index in [4.69, 9.17) is 14.9 Å². The molecule has 5 nitrogen and oxygen atoms in total. The summed E-state index contributed by atoms with van der Waals surface area (Å²) in [6.07, 6.45) is -1.38. The van der Waals surface area contributed by atoms with Crippen molar-refractivity contribution in [3.8, 4) is 0 Å². The molecule has 0 aliphatic heterocycles. The molecule has 76 valence electrons. The molecule has 13 heavy (non-hydrogen) atoms. The molecule has 0 fully saturated rings. The molecule has 0 saturated carbocycles. The number of rotatable bonds is 6. The van der Waals surface area contributed by atoms with E-state index in [2.05, 4.69) is 11.9 Å². The van der Waals surface area contributed by atoms with Gasteiger partial charge in [0.15, 0.2) is 6.29 Å². The molecule has 0 aromatic rings. The third-order valence-electron chi connectivity index (χ3n) is 1.19. The minimum atomic E-state index is -1.38. The highest BCUT2D eigenvalue weighted by molar-refractivity contribution is 5.86. The Kier molecular flexibility index (Phi) is 6.13. The standard InChI is InChI=1S/C8H15NO4/c1-6(2)8(12)13-4-3-9-5-7(10)11/h7,9-11H,1,3-5H2,2H3. The first-order valence-electron chi connectivity index (χ1n) is 3.93. The van der Waals surface area contributed by atoms with Gasteiger partial charge in [-0.1, -0.05) is 6.58 Å². The highest BCUT2D eigenvalue weighted by atomic mass is 16.5. The van der Waals surface area contributed by atoms with Crippen LogP contribution in [-0.2, 0) is 9.53 Å². The summed E-state index contributed by atoms with van der Waals surface area (Å²) in [4.78, 5) is 10.8. The van der Waals surface area contributed by atoms with Gasteiger partial charge in [-0.05, 0) is 6.92 Å². The highest BCUT2D eigenvalue weighted by Crippen LogP contribution is 1.90. The SMILES string of the molecule is C=C(C)C(=O)OCCNCC(O)O. The molecule has 0 heterocycles. The van der Waals surface area contributed by atoms with Crippen LogP contribution < -0.4 is 5.32 Å². The maximum absolute atomic E-state index is 10.8. The van der Waals surface area contributed by atoms with E-state index in [1.807, 2.05) is 0 Å². The van der Waals surface area contributed by atoms with E-state index in [9.17, 15) is 4.79 Å². The van der Waals surface area contributed by atoms with Crippen molar-refractivity contribution in [3.63, 3.8) is 0 Å². The molecule has 0 aromatic carbocycles. The fourth-order valence-electron chi connectivity index (χ4n) is 0.570.